The molecule has 0 bridgehead atoms. The van der Waals surface area contributed by atoms with E-state index in [-0.39, 0.29) is 5.91 Å². The number of hydrogen-bond acceptors (Lipinski definition) is 3. The third-order valence-electron chi connectivity index (χ3n) is 1.25. The van der Waals surface area contributed by atoms with Gasteiger partial charge in [-0.15, -0.1) is 0 Å². The van der Waals surface area contributed by atoms with E-state index in [0.29, 0.717) is 12.5 Å². The Labute approximate surface area is 78.6 Å². The Morgan fingerprint density at radius 2 is 2.17 bits per heavy atom. The van der Waals surface area contributed by atoms with Crippen LogP contribution in [0.25, 0.3) is 0 Å². The van der Waals surface area contributed by atoms with Crippen molar-refractivity contribution in [3.8, 4) is 0 Å². The van der Waals surface area contributed by atoms with E-state index in [9.17, 15) is 4.79 Å². The van der Waals surface area contributed by atoms with Crippen LogP contribution in [0.4, 0.5) is 0 Å². The van der Waals surface area contributed by atoms with Gasteiger partial charge in [0.1, 0.15) is 0 Å². The Kier molecular flexibility index (Phi) is 7.29. The van der Waals surface area contributed by atoms with Crippen LogP contribution < -0.4 is 10.9 Å². The topological polar surface area (TPSA) is 41.1 Å². The SMILES string of the molecule is CSCCCC(=O)NNC(C)C. The predicted molar refractivity (Wildman–Crippen MR) is 54.0 cm³/mol. The van der Waals surface area contributed by atoms with Crippen molar-refractivity contribution in [1.29, 1.82) is 0 Å². The zero-order chi connectivity index (χ0) is 9.40. The van der Waals surface area contributed by atoms with Crippen molar-refractivity contribution in [3.63, 3.8) is 0 Å². The third-order valence-corrected chi connectivity index (χ3v) is 1.95. The summed E-state index contributed by atoms with van der Waals surface area (Å²) in [5, 5.41) is 0. The number of carbonyl (C=O) groups is 1. The molecule has 0 spiro atoms. The molecular formula is C8H18N2OS. The molecule has 4 heteroatoms. The summed E-state index contributed by atoms with van der Waals surface area (Å²) in [6.45, 7) is 3.98. The highest BCUT2D eigenvalue weighted by atomic mass is 32.2. The zero-order valence-corrected chi connectivity index (χ0v) is 8.83. The van der Waals surface area contributed by atoms with Gasteiger partial charge in [0, 0.05) is 12.5 Å². The van der Waals surface area contributed by atoms with Gasteiger partial charge in [-0.2, -0.15) is 11.8 Å². The highest BCUT2D eigenvalue weighted by Crippen LogP contribution is 1.98. The van der Waals surface area contributed by atoms with Gasteiger partial charge >= 0.3 is 0 Å². The summed E-state index contributed by atoms with van der Waals surface area (Å²) in [6.07, 6.45) is 3.61. The van der Waals surface area contributed by atoms with Crippen molar-refractivity contribution in [1.82, 2.24) is 10.9 Å². The number of hydrazine groups is 1. The van der Waals surface area contributed by atoms with Gasteiger partial charge in [-0.3, -0.25) is 10.2 Å². The molecule has 0 fully saturated rings. The minimum atomic E-state index is 0.0813. The molecule has 0 aromatic carbocycles. The molecule has 0 aliphatic carbocycles. The Balaban J connectivity index is 3.22. The van der Waals surface area contributed by atoms with Crippen LogP contribution in [-0.2, 0) is 4.79 Å². The summed E-state index contributed by atoms with van der Waals surface area (Å²) in [6, 6.07) is 0.300. The van der Waals surface area contributed by atoms with E-state index in [1.54, 1.807) is 11.8 Å². The van der Waals surface area contributed by atoms with Crippen molar-refractivity contribution >= 4 is 17.7 Å². The molecule has 0 rings (SSSR count). The van der Waals surface area contributed by atoms with Gasteiger partial charge in [0.2, 0.25) is 5.91 Å². The van der Waals surface area contributed by atoms with Crippen LogP contribution in [0.15, 0.2) is 0 Å². The van der Waals surface area contributed by atoms with Gasteiger partial charge in [0.25, 0.3) is 0 Å². The molecule has 0 saturated carbocycles. The standard InChI is InChI=1S/C8H18N2OS/c1-7(2)9-10-8(11)5-4-6-12-3/h7,9H,4-6H2,1-3H3,(H,10,11). The second-order valence-electron chi connectivity index (χ2n) is 2.94. The molecule has 0 aliphatic rings. The lowest BCUT2D eigenvalue weighted by Gasteiger charge is -2.09. The monoisotopic (exact) mass is 190 g/mol. The Bertz CT molecular complexity index is 128. The van der Waals surface area contributed by atoms with Gasteiger partial charge in [-0.25, -0.2) is 5.43 Å². The summed E-state index contributed by atoms with van der Waals surface area (Å²) in [4.78, 5) is 11.0. The normalized spacial score (nSPS) is 10.3. The highest BCUT2D eigenvalue weighted by Gasteiger charge is 1.99. The molecule has 0 aliphatic heterocycles. The fraction of sp³-hybridized carbons (Fsp3) is 0.875. The van der Waals surface area contributed by atoms with Gasteiger partial charge in [-0.1, -0.05) is 0 Å². The molecule has 0 heterocycles. The third kappa shape index (κ3) is 7.88. The number of hydrogen-bond donors (Lipinski definition) is 2. The molecule has 3 nitrogen and oxygen atoms in total. The molecule has 0 radical (unpaired) electrons. The quantitative estimate of drug-likeness (QED) is 0.488. The largest absolute Gasteiger partial charge is 0.291 e. The first-order valence-corrected chi connectivity index (χ1v) is 5.59. The van der Waals surface area contributed by atoms with Crippen LogP contribution in [0.5, 0.6) is 0 Å². The Morgan fingerprint density at radius 3 is 2.67 bits per heavy atom. The van der Waals surface area contributed by atoms with Gasteiger partial charge in [0.05, 0.1) is 0 Å². The van der Waals surface area contributed by atoms with Crippen molar-refractivity contribution < 1.29 is 4.79 Å². The maximum atomic E-state index is 11.0. The van der Waals surface area contributed by atoms with Crippen molar-refractivity contribution in [2.75, 3.05) is 12.0 Å². The van der Waals surface area contributed by atoms with E-state index < -0.39 is 0 Å². The number of nitrogens with one attached hydrogen (secondary N) is 2. The maximum absolute atomic E-state index is 11.0. The van der Waals surface area contributed by atoms with Crippen LogP contribution in [-0.4, -0.2) is 24.0 Å². The summed E-state index contributed by atoms with van der Waals surface area (Å²) in [7, 11) is 0. The number of amides is 1. The Morgan fingerprint density at radius 1 is 1.50 bits per heavy atom. The minimum Gasteiger partial charge on any atom is -0.291 e. The lowest BCUT2D eigenvalue weighted by Crippen LogP contribution is -2.41. The molecular weight excluding hydrogens is 172 g/mol. The number of thioether (sulfide) groups is 1. The van der Waals surface area contributed by atoms with Crippen LogP contribution in [0.1, 0.15) is 26.7 Å². The van der Waals surface area contributed by atoms with Gasteiger partial charge < -0.3 is 0 Å². The predicted octanol–water partition coefficient (Wildman–Crippen LogP) is 1.16. The Hall–Kier alpha value is -0.220. The molecule has 2 N–H and O–H groups in total. The summed E-state index contributed by atoms with van der Waals surface area (Å²) < 4.78 is 0. The first kappa shape index (κ1) is 11.8. The van der Waals surface area contributed by atoms with E-state index >= 15 is 0 Å². The lowest BCUT2D eigenvalue weighted by atomic mass is 10.3. The van der Waals surface area contributed by atoms with E-state index in [2.05, 4.69) is 10.9 Å². The average molecular weight is 190 g/mol. The van der Waals surface area contributed by atoms with Crippen LogP contribution in [0.3, 0.4) is 0 Å². The summed E-state index contributed by atoms with van der Waals surface area (Å²) >= 11 is 1.77. The fourth-order valence-electron chi connectivity index (χ4n) is 0.664. The molecule has 0 atom stereocenters. The molecule has 1 amide bonds. The molecule has 0 unspecified atom stereocenters. The zero-order valence-electron chi connectivity index (χ0n) is 8.02. The van der Waals surface area contributed by atoms with E-state index in [1.165, 1.54) is 0 Å². The second kappa shape index (κ2) is 7.43. The molecule has 0 saturated heterocycles. The van der Waals surface area contributed by atoms with Crippen molar-refractivity contribution in [2.24, 2.45) is 0 Å². The molecule has 72 valence electrons. The smallest absolute Gasteiger partial charge is 0.234 e. The van der Waals surface area contributed by atoms with Gasteiger partial charge in [-0.05, 0) is 32.3 Å². The van der Waals surface area contributed by atoms with Gasteiger partial charge in [0.15, 0.2) is 0 Å². The first-order valence-electron chi connectivity index (χ1n) is 4.20. The number of rotatable bonds is 6. The first-order chi connectivity index (χ1) is 5.66. The number of carbonyl (C=O) groups excluding carboxylic acids is 1. The lowest BCUT2D eigenvalue weighted by molar-refractivity contribution is -0.122. The molecule has 12 heavy (non-hydrogen) atoms. The van der Waals surface area contributed by atoms with E-state index in [0.717, 1.165) is 12.2 Å². The van der Waals surface area contributed by atoms with Crippen molar-refractivity contribution in [3.05, 3.63) is 0 Å². The highest BCUT2D eigenvalue weighted by molar-refractivity contribution is 7.98. The van der Waals surface area contributed by atoms with E-state index in [4.69, 9.17) is 0 Å². The second-order valence-corrected chi connectivity index (χ2v) is 3.93. The van der Waals surface area contributed by atoms with Crippen LogP contribution >= 0.6 is 11.8 Å². The van der Waals surface area contributed by atoms with Crippen molar-refractivity contribution in [2.45, 2.75) is 32.7 Å². The van der Waals surface area contributed by atoms with Crippen LogP contribution in [0.2, 0.25) is 0 Å². The average Bonchev–Trinajstić information content (AvgIpc) is 2.01. The van der Waals surface area contributed by atoms with E-state index in [1.807, 2.05) is 20.1 Å². The van der Waals surface area contributed by atoms with Crippen LogP contribution in [0, 0.1) is 0 Å². The summed E-state index contributed by atoms with van der Waals surface area (Å²) in [5.41, 5.74) is 5.51. The summed E-state index contributed by atoms with van der Waals surface area (Å²) in [5.74, 6) is 1.13. The molecule has 0 aromatic heterocycles. The molecule has 0 aromatic rings. The maximum Gasteiger partial charge on any atom is 0.234 e. The fourth-order valence-corrected chi connectivity index (χ4v) is 1.10. The minimum absolute atomic E-state index is 0.0813.